The molecule has 0 saturated carbocycles. The summed E-state index contributed by atoms with van der Waals surface area (Å²) in [6.07, 6.45) is 5.21. The first-order chi connectivity index (χ1) is 14.1. The summed E-state index contributed by atoms with van der Waals surface area (Å²) in [5.41, 5.74) is 1.60. The fourth-order valence-corrected chi connectivity index (χ4v) is 5.04. The minimum Gasteiger partial charge on any atom is -0.335 e. The van der Waals surface area contributed by atoms with Crippen molar-refractivity contribution in [3.63, 3.8) is 0 Å². The van der Waals surface area contributed by atoms with Gasteiger partial charge in [-0.1, -0.05) is 24.3 Å². The summed E-state index contributed by atoms with van der Waals surface area (Å²) in [5, 5.41) is 0.529. The molecule has 1 aromatic heterocycles. The summed E-state index contributed by atoms with van der Waals surface area (Å²) < 4.78 is 14.7. The van der Waals surface area contributed by atoms with Crippen LogP contribution in [0.3, 0.4) is 0 Å². The smallest absolute Gasteiger partial charge is 0.261 e. The van der Waals surface area contributed by atoms with E-state index in [4.69, 9.17) is 0 Å². The van der Waals surface area contributed by atoms with E-state index in [1.165, 1.54) is 23.0 Å². The molecule has 0 radical (unpaired) electrons. The number of amides is 1. The standard InChI is InChI=1S/C23H22FN3O2/c24-17-7-5-15(6-8-17)16-11-18-9-10-19(12-16)27(18)22(28)13-26-14-25-21-4-2-1-3-20(21)23(26)29/h1-8,14,16,18-19H,9-13H2/t16?,18-,19+. The molecule has 6 heteroatoms. The normalized spacial score (nSPS) is 23.5. The van der Waals surface area contributed by atoms with Gasteiger partial charge in [-0.25, -0.2) is 9.37 Å². The molecule has 2 aliphatic heterocycles. The second-order valence-corrected chi connectivity index (χ2v) is 8.10. The molecule has 1 unspecified atom stereocenters. The number of carbonyl (C=O) groups excluding carboxylic acids is 1. The lowest BCUT2D eigenvalue weighted by molar-refractivity contribution is -0.136. The van der Waals surface area contributed by atoms with Gasteiger partial charge in [0.15, 0.2) is 0 Å². The average Bonchev–Trinajstić information content (AvgIpc) is 3.00. The Bertz CT molecular complexity index is 1110. The Labute approximate surface area is 167 Å². The van der Waals surface area contributed by atoms with E-state index < -0.39 is 0 Å². The van der Waals surface area contributed by atoms with Gasteiger partial charge < -0.3 is 4.90 Å². The van der Waals surface area contributed by atoms with Crippen LogP contribution >= 0.6 is 0 Å². The second-order valence-electron chi connectivity index (χ2n) is 8.10. The lowest BCUT2D eigenvalue weighted by atomic mass is 9.85. The van der Waals surface area contributed by atoms with Crippen molar-refractivity contribution in [3.05, 3.63) is 76.6 Å². The number of piperidine rings is 1. The number of halogens is 1. The number of carbonyl (C=O) groups is 1. The number of hydrogen-bond acceptors (Lipinski definition) is 3. The number of para-hydroxylation sites is 1. The first-order valence-electron chi connectivity index (χ1n) is 10.1. The summed E-state index contributed by atoms with van der Waals surface area (Å²) in [6.45, 7) is 0.0187. The molecule has 29 heavy (non-hydrogen) atoms. The molecule has 3 heterocycles. The summed E-state index contributed by atoms with van der Waals surface area (Å²) in [5.74, 6) is 0.107. The zero-order chi connectivity index (χ0) is 20.0. The van der Waals surface area contributed by atoms with Crippen molar-refractivity contribution in [2.24, 2.45) is 0 Å². The quantitative estimate of drug-likeness (QED) is 0.687. The Hall–Kier alpha value is -3.02. The number of benzene rings is 2. The molecular formula is C23H22FN3O2. The number of fused-ring (bicyclic) bond motifs is 3. The van der Waals surface area contributed by atoms with Crippen molar-refractivity contribution in [3.8, 4) is 0 Å². The number of aromatic nitrogens is 2. The molecule has 2 aromatic carbocycles. The molecule has 0 aliphatic carbocycles. The minimum atomic E-state index is -0.223. The average molecular weight is 391 g/mol. The van der Waals surface area contributed by atoms with Crippen LogP contribution in [0.25, 0.3) is 10.9 Å². The summed E-state index contributed by atoms with van der Waals surface area (Å²) in [7, 11) is 0. The molecule has 3 atom stereocenters. The zero-order valence-electron chi connectivity index (χ0n) is 16.0. The number of hydrogen-bond donors (Lipinski definition) is 0. The predicted molar refractivity (Wildman–Crippen MR) is 108 cm³/mol. The third-order valence-corrected chi connectivity index (χ3v) is 6.40. The highest BCUT2D eigenvalue weighted by molar-refractivity contribution is 5.79. The van der Waals surface area contributed by atoms with Crippen molar-refractivity contribution >= 4 is 16.8 Å². The topological polar surface area (TPSA) is 55.2 Å². The van der Waals surface area contributed by atoms with Gasteiger partial charge in [-0.05, 0) is 61.4 Å². The van der Waals surface area contributed by atoms with E-state index in [2.05, 4.69) is 4.98 Å². The van der Waals surface area contributed by atoms with Crippen LogP contribution in [0.15, 0.2) is 59.7 Å². The Balaban J connectivity index is 1.35. The van der Waals surface area contributed by atoms with E-state index in [9.17, 15) is 14.0 Å². The third-order valence-electron chi connectivity index (χ3n) is 6.40. The molecule has 3 aromatic rings. The highest BCUT2D eigenvalue weighted by Crippen LogP contribution is 2.43. The van der Waals surface area contributed by atoms with Gasteiger partial charge in [0.25, 0.3) is 5.56 Å². The van der Waals surface area contributed by atoms with Crippen LogP contribution in [0.1, 0.15) is 37.2 Å². The maximum absolute atomic E-state index is 13.2. The van der Waals surface area contributed by atoms with E-state index in [0.717, 1.165) is 31.2 Å². The highest BCUT2D eigenvalue weighted by atomic mass is 19.1. The SMILES string of the molecule is O=C(Cn1cnc2ccccc2c1=O)N1[C@@H]2CC[C@H]1CC(c1ccc(F)cc1)C2. The summed E-state index contributed by atoms with van der Waals surface area (Å²) in [4.78, 5) is 32.1. The monoisotopic (exact) mass is 391 g/mol. The van der Waals surface area contributed by atoms with Crippen LogP contribution in [0.2, 0.25) is 0 Å². The Morgan fingerprint density at radius 3 is 2.45 bits per heavy atom. The van der Waals surface area contributed by atoms with Gasteiger partial charge in [0.2, 0.25) is 5.91 Å². The Morgan fingerprint density at radius 1 is 1.03 bits per heavy atom. The maximum Gasteiger partial charge on any atom is 0.261 e. The molecule has 1 amide bonds. The van der Waals surface area contributed by atoms with Crippen LogP contribution < -0.4 is 5.56 Å². The molecule has 2 bridgehead atoms. The van der Waals surface area contributed by atoms with Gasteiger partial charge in [-0.3, -0.25) is 14.2 Å². The van der Waals surface area contributed by atoms with E-state index in [0.29, 0.717) is 16.8 Å². The van der Waals surface area contributed by atoms with E-state index in [-0.39, 0.29) is 35.9 Å². The fraction of sp³-hybridized carbons (Fsp3) is 0.348. The van der Waals surface area contributed by atoms with Crippen molar-refractivity contribution in [2.75, 3.05) is 0 Å². The fourth-order valence-electron chi connectivity index (χ4n) is 5.04. The molecule has 148 valence electrons. The van der Waals surface area contributed by atoms with E-state index >= 15 is 0 Å². The lowest BCUT2D eigenvalue weighted by Crippen LogP contribution is -2.48. The first kappa shape index (κ1) is 18.0. The summed E-state index contributed by atoms with van der Waals surface area (Å²) >= 11 is 0. The minimum absolute atomic E-state index is 0.0187. The van der Waals surface area contributed by atoms with Crippen LogP contribution in [0.4, 0.5) is 4.39 Å². The van der Waals surface area contributed by atoms with Gasteiger partial charge in [-0.15, -0.1) is 0 Å². The van der Waals surface area contributed by atoms with Gasteiger partial charge in [0.1, 0.15) is 12.4 Å². The van der Waals surface area contributed by atoms with Crippen molar-refractivity contribution in [1.82, 2.24) is 14.5 Å². The maximum atomic E-state index is 13.2. The molecule has 5 rings (SSSR count). The predicted octanol–water partition coefficient (Wildman–Crippen LogP) is 3.47. The van der Waals surface area contributed by atoms with Crippen LogP contribution in [0, 0.1) is 5.82 Å². The molecular weight excluding hydrogens is 369 g/mol. The largest absolute Gasteiger partial charge is 0.335 e. The van der Waals surface area contributed by atoms with Gasteiger partial charge >= 0.3 is 0 Å². The third kappa shape index (κ3) is 3.22. The first-order valence-corrected chi connectivity index (χ1v) is 10.1. The van der Waals surface area contributed by atoms with Crippen molar-refractivity contribution < 1.29 is 9.18 Å². The lowest BCUT2D eigenvalue weighted by Gasteiger charge is -2.39. The molecule has 2 saturated heterocycles. The zero-order valence-corrected chi connectivity index (χ0v) is 16.0. The molecule has 5 nitrogen and oxygen atoms in total. The Morgan fingerprint density at radius 2 is 1.72 bits per heavy atom. The van der Waals surface area contributed by atoms with E-state index in [1.54, 1.807) is 18.2 Å². The van der Waals surface area contributed by atoms with Crippen LogP contribution in [-0.2, 0) is 11.3 Å². The molecule has 2 aliphatic rings. The number of nitrogens with zero attached hydrogens (tertiary/aromatic N) is 3. The van der Waals surface area contributed by atoms with E-state index in [1.807, 2.05) is 23.1 Å². The summed E-state index contributed by atoms with van der Waals surface area (Å²) in [6, 6.07) is 14.3. The molecule has 0 N–H and O–H groups in total. The van der Waals surface area contributed by atoms with Gasteiger partial charge in [0, 0.05) is 12.1 Å². The highest BCUT2D eigenvalue weighted by Gasteiger charge is 2.43. The molecule has 0 spiro atoms. The van der Waals surface area contributed by atoms with Crippen molar-refractivity contribution in [2.45, 2.75) is 50.2 Å². The van der Waals surface area contributed by atoms with Gasteiger partial charge in [-0.2, -0.15) is 0 Å². The molecule has 2 fully saturated rings. The van der Waals surface area contributed by atoms with Crippen LogP contribution in [-0.4, -0.2) is 32.4 Å². The van der Waals surface area contributed by atoms with Crippen molar-refractivity contribution in [1.29, 1.82) is 0 Å². The van der Waals surface area contributed by atoms with Crippen LogP contribution in [0.5, 0.6) is 0 Å². The second kappa shape index (κ2) is 7.10. The number of rotatable bonds is 3. The van der Waals surface area contributed by atoms with Gasteiger partial charge in [0.05, 0.1) is 17.2 Å². The Kier molecular flexibility index (Phi) is 4.42.